The number of hydrogen-bond donors (Lipinski definition) is 2. The van der Waals surface area contributed by atoms with Gasteiger partial charge in [-0.25, -0.2) is 0 Å². The van der Waals surface area contributed by atoms with Crippen molar-refractivity contribution in [2.24, 2.45) is 5.41 Å². The number of aliphatic hydroxyl groups excluding tert-OH is 2. The smallest absolute Gasteiger partial charge is 0.0576 e. The van der Waals surface area contributed by atoms with Crippen molar-refractivity contribution in [3.8, 4) is 0 Å². The fourth-order valence-electron chi connectivity index (χ4n) is 2.78. The number of aliphatic hydroxyl groups is 2. The molecule has 0 bridgehead atoms. The Morgan fingerprint density at radius 2 is 1.89 bits per heavy atom. The fraction of sp³-hybridized carbons (Fsp3) is 0.625. The van der Waals surface area contributed by atoms with E-state index < -0.39 is 5.41 Å². The van der Waals surface area contributed by atoms with Gasteiger partial charge in [0.05, 0.1) is 19.3 Å². The third-order valence-corrected chi connectivity index (χ3v) is 4.11. The second-order valence-corrected chi connectivity index (χ2v) is 5.65. The first-order valence-electron chi connectivity index (χ1n) is 7.15. The molecule has 1 atom stereocenters. The topological polar surface area (TPSA) is 49.7 Å². The lowest BCUT2D eigenvalue weighted by atomic mass is 9.78. The lowest BCUT2D eigenvalue weighted by molar-refractivity contribution is 0.0261. The van der Waals surface area contributed by atoms with Crippen LogP contribution in [0.25, 0.3) is 0 Å². The van der Waals surface area contributed by atoms with Crippen molar-refractivity contribution in [1.82, 2.24) is 0 Å². The molecule has 1 heterocycles. The normalized spacial score (nSPS) is 19.8. The Labute approximate surface area is 115 Å². The highest BCUT2D eigenvalue weighted by Gasteiger charge is 2.30. The lowest BCUT2D eigenvalue weighted by Crippen LogP contribution is -2.33. The number of hydrogen-bond acceptors (Lipinski definition) is 3. The van der Waals surface area contributed by atoms with Gasteiger partial charge < -0.3 is 14.9 Å². The van der Waals surface area contributed by atoms with Gasteiger partial charge in [0.2, 0.25) is 0 Å². The van der Waals surface area contributed by atoms with E-state index in [0.29, 0.717) is 12.5 Å². The summed E-state index contributed by atoms with van der Waals surface area (Å²) in [6.07, 6.45) is 5.00. The van der Waals surface area contributed by atoms with Crippen molar-refractivity contribution in [1.29, 1.82) is 0 Å². The van der Waals surface area contributed by atoms with E-state index in [0.717, 1.165) is 37.9 Å². The third kappa shape index (κ3) is 4.03. The van der Waals surface area contributed by atoms with Crippen LogP contribution < -0.4 is 0 Å². The Morgan fingerprint density at radius 1 is 1.16 bits per heavy atom. The zero-order valence-electron chi connectivity index (χ0n) is 11.4. The quantitative estimate of drug-likeness (QED) is 0.793. The van der Waals surface area contributed by atoms with Crippen molar-refractivity contribution in [2.75, 3.05) is 19.8 Å². The van der Waals surface area contributed by atoms with Crippen LogP contribution in [0.3, 0.4) is 0 Å². The molecule has 2 N–H and O–H groups in total. The van der Waals surface area contributed by atoms with Crippen molar-refractivity contribution >= 4 is 0 Å². The van der Waals surface area contributed by atoms with Crippen LogP contribution in [0.1, 0.15) is 31.2 Å². The molecule has 3 nitrogen and oxygen atoms in total. The van der Waals surface area contributed by atoms with Gasteiger partial charge >= 0.3 is 0 Å². The van der Waals surface area contributed by atoms with Gasteiger partial charge in [0.25, 0.3) is 0 Å². The number of benzene rings is 1. The third-order valence-electron chi connectivity index (χ3n) is 4.11. The first kappa shape index (κ1) is 14.5. The lowest BCUT2D eigenvalue weighted by Gasteiger charge is -2.31. The zero-order valence-corrected chi connectivity index (χ0v) is 11.4. The van der Waals surface area contributed by atoms with E-state index in [1.54, 1.807) is 0 Å². The van der Waals surface area contributed by atoms with E-state index >= 15 is 0 Å². The van der Waals surface area contributed by atoms with Crippen molar-refractivity contribution in [2.45, 2.75) is 38.2 Å². The van der Waals surface area contributed by atoms with Crippen molar-refractivity contribution in [3.05, 3.63) is 35.9 Å². The van der Waals surface area contributed by atoms with Crippen LogP contribution in [0.4, 0.5) is 0 Å². The van der Waals surface area contributed by atoms with Crippen molar-refractivity contribution in [3.63, 3.8) is 0 Å². The Hall–Kier alpha value is -0.900. The highest BCUT2D eigenvalue weighted by Crippen LogP contribution is 2.31. The minimum Gasteiger partial charge on any atom is -0.396 e. The average molecular weight is 264 g/mol. The minimum absolute atomic E-state index is 0.0190. The van der Waals surface area contributed by atoms with Crippen LogP contribution in [0.2, 0.25) is 0 Å². The summed E-state index contributed by atoms with van der Waals surface area (Å²) in [5, 5.41) is 19.4. The summed E-state index contributed by atoms with van der Waals surface area (Å²) in [6, 6.07) is 10.1. The molecule has 0 aromatic heterocycles. The van der Waals surface area contributed by atoms with Crippen LogP contribution >= 0.6 is 0 Å². The summed E-state index contributed by atoms with van der Waals surface area (Å²) in [5.74, 6) is 0. The molecule has 1 aliphatic heterocycles. The predicted octanol–water partition coefficient (Wildman–Crippen LogP) is 2.16. The van der Waals surface area contributed by atoms with Crippen LogP contribution in [0, 0.1) is 5.41 Å². The molecule has 1 unspecified atom stereocenters. The van der Waals surface area contributed by atoms with Gasteiger partial charge in [-0.2, -0.15) is 0 Å². The molecule has 2 rings (SSSR count). The van der Waals surface area contributed by atoms with Crippen LogP contribution in [0.5, 0.6) is 0 Å². The highest BCUT2D eigenvalue weighted by molar-refractivity contribution is 5.16. The summed E-state index contributed by atoms with van der Waals surface area (Å²) in [5.41, 5.74) is 0.741. The van der Waals surface area contributed by atoms with E-state index in [1.807, 2.05) is 30.3 Å². The van der Waals surface area contributed by atoms with Crippen LogP contribution in [0.15, 0.2) is 30.3 Å². The van der Waals surface area contributed by atoms with Gasteiger partial charge in [-0.3, -0.25) is 0 Å². The predicted molar refractivity (Wildman–Crippen MR) is 75.0 cm³/mol. The molecule has 106 valence electrons. The molecule has 1 aromatic rings. The highest BCUT2D eigenvalue weighted by atomic mass is 16.5. The van der Waals surface area contributed by atoms with Gasteiger partial charge in [-0.15, -0.1) is 0 Å². The standard InChI is InChI=1S/C16H24O3/c17-12-16(13-18,9-8-15-7-4-10-19-15)11-14-5-2-1-3-6-14/h1-3,5-6,15,17-18H,4,7-13H2. The summed E-state index contributed by atoms with van der Waals surface area (Å²) < 4.78 is 5.62. The molecule has 1 saturated heterocycles. The molecule has 3 heteroatoms. The van der Waals surface area contributed by atoms with Crippen LogP contribution in [-0.4, -0.2) is 36.1 Å². The first-order valence-corrected chi connectivity index (χ1v) is 7.15. The fourth-order valence-corrected chi connectivity index (χ4v) is 2.78. The summed E-state index contributed by atoms with van der Waals surface area (Å²) >= 11 is 0. The van der Waals surface area contributed by atoms with E-state index in [9.17, 15) is 10.2 Å². The maximum absolute atomic E-state index is 9.71. The molecule has 1 aliphatic rings. The molecular weight excluding hydrogens is 240 g/mol. The molecule has 0 amide bonds. The molecule has 1 aromatic carbocycles. The Balaban J connectivity index is 1.95. The maximum Gasteiger partial charge on any atom is 0.0576 e. The molecule has 0 aliphatic carbocycles. The molecule has 19 heavy (non-hydrogen) atoms. The Bertz CT molecular complexity index is 354. The average Bonchev–Trinajstić information content (AvgIpc) is 2.98. The van der Waals surface area contributed by atoms with E-state index in [-0.39, 0.29) is 13.2 Å². The minimum atomic E-state index is -0.423. The summed E-state index contributed by atoms with van der Waals surface area (Å²) in [7, 11) is 0. The van der Waals surface area contributed by atoms with Gasteiger partial charge in [0, 0.05) is 12.0 Å². The molecule has 0 radical (unpaired) electrons. The number of ether oxygens (including phenoxy) is 1. The SMILES string of the molecule is OCC(CO)(CCC1CCCO1)Cc1ccccc1. The van der Waals surface area contributed by atoms with E-state index in [4.69, 9.17) is 4.74 Å². The Kier molecular flexibility index (Phi) is 5.37. The Morgan fingerprint density at radius 3 is 2.47 bits per heavy atom. The number of rotatable bonds is 7. The molecule has 0 saturated carbocycles. The van der Waals surface area contributed by atoms with Gasteiger partial charge in [0.1, 0.15) is 0 Å². The van der Waals surface area contributed by atoms with E-state index in [2.05, 4.69) is 0 Å². The summed E-state index contributed by atoms with van der Waals surface area (Å²) in [6.45, 7) is 0.894. The van der Waals surface area contributed by atoms with Crippen molar-refractivity contribution < 1.29 is 14.9 Å². The maximum atomic E-state index is 9.71. The van der Waals surface area contributed by atoms with E-state index in [1.165, 1.54) is 0 Å². The van der Waals surface area contributed by atoms with Gasteiger partial charge in [-0.1, -0.05) is 30.3 Å². The van der Waals surface area contributed by atoms with Crippen LogP contribution in [-0.2, 0) is 11.2 Å². The molecule has 1 fully saturated rings. The summed E-state index contributed by atoms with van der Waals surface area (Å²) in [4.78, 5) is 0. The van der Waals surface area contributed by atoms with Gasteiger partial charge in [-0.05, 0) is 37.7 Å². The monoisotopic (exact) mass is 264 g/mol. The molecule has 0 spiro atoms. The first-order chi connectivity index (χ1) is 9.28. The second kappa shape index (κ2) is 7.04. The second-order valence-electron chi connectivity index (χ2n) is 5.65. The largest absolute Gasteiger partial charge is 0.396 e. The van der Waals surface area contributed by atoms with Gasteiger partial charge in [0.15, 0.2) is 0 Å². The molecular formula is C16H24O3. The zero-order chi connectivity index (χ0) is 13.6.